The first kappa shape index (κ1) is 14.7. The van der Waals surface area contributed by atoms with Crippen molar-refractivity contribution in [2.24, 2.45) is 0 Å². The molecule has 0 aromatic heterocycles. The number of nitro benzene ring substituents is 1. The maximum absolute atomic E-state index is 12.4. The highest BCUT2D eigenvalue weighted by Crippen LogP contribution is 2.21. The Hall–Kier alpha value is -2.69. The lowest BCUT2D eigenvalue weighted by molar-refractivity contribution is -0.384. The molecule has 108 valence electrons. The molecule has 2 aromatic carbocycles. The van der Waals surface area contributed by atoms with Crippen LogP contribution in [0.15, 0.2) is 36.4 Å². The van der Waals surface area contributed by atoms with Gasteiger partial charge in [0.1, 0.15) is 0 Å². The van der Waals surface area contributed by atoms with Crippen LogP contribution >= 0.6 is 0 Å². The first-order valence-corrected chi connectivity index (χ1v) is 6.52. The Bertz CT molecular complexity index is 700. The van der Waals surface area contributed by atoms with Gasteiger partial charge in [-0.25, -0.2) is 0 Å². The molecule has 0 fully saturated rings. The van der Waals surface area contributed by atoms with Crippen molar-refractivity contribution >= 4 is 17.3 Å². The van der Waals surface area contributed by atoms with Crippen LogP contribution in [0.4, 0.5) is 11.4 Å². The number of hydrogen-bond donors (Lipinski definition) is 1. The van der Waals surface area contributed by atoms with Gasteiger partial charge in [0.15, 0.2) is 0 Å². The van der Waals surface area contributed by atoms with Gasteiger partial charge >= 0.3 is 0 Å². The third kappa shape index (κ3) is 3.25. The van der Waals surface area contributed by atoms with E-state index in [1.807, 2.05) is 32.9 Å². The van der Waals surface area contributed by atoms with E-state index in [0.717, 1.165) is 16.7 Å². The normalized spacial score (nSPS) is 10.2. The van der Waals surface area contributed by atoms with Crippen LogP contribution in [0.3, 0.4) is 0 Å². The van der Waals surface area contributed by atoms with Gasteiger partial charge in [-0.05, 0) is 38.0 Å². The molecule has 1 amide bonds. The zero-order valence-electron chi connectivity index (χ0n) is 12.1. The molecule has 0 spiro atoms. The van der Waals surface area contributed by atoms with E-state index in [-0.39, 0.29) is 11.6 Å². The summed E-state index contributed by atoms with van der Waals surface area (Å²) in [6, 6.07) is 9.78. The van der Waals surface area contributed by atoms with Gasteiger partial charge in [0.2, 0.25) is 0 Å². The van der Waals surface area contributed by atoms with Gasteiger partial charge in [0.05, 0.1) is 4.92 Å². The van der Waals surface area contributed by atoms with Gasteiger partial charge in [-0.15, -0.1) is 0 Å². The Morgan fingerprint density at radius 1 is 1.10 bits per heavy atom. The first-order chi connectivity index (χ1) is 9.88. The molecule has 0 aliphatic heterocycles. The fourth-order valence-electron chi connectivity index (χ4n) is 2.43. The average molecular weight is 284 g/mol. The zero-order chi connectivity index (χ0) is 15.6. The van der Waals surface area contributed by atoms with Gasteiger partial charge in [-0.3, -0.25) is 14.9 Å². The van der Waals surface area contributed by atoms with Crippen molar-refractivity contribution < 1.29 is 9.72 Å². The Morgan fingerprint density at radius 2 is 1.71 bits per heavy atom. The van der Waals surface area contributed by atoms with E-state index < -0.39 is 4.92 Å². The molecule has 0 saturated heterocycles. The highest BCUT2D eigenvalue weighted by atomic mass is 16.6. The molecule has 0 aliphatic carbocycles. The average Bonchev–Trinajstić information content (AvgIpc) is 2.37. The van der Waals surface area contributed by atoms with Crippen LogP contribution in [0.1, 0.15) is 27.0 Å². The van der Waals surface area contributed by atoms with Gasteiger partial charge in [0, 0.05) is 23.4 Å². The van der Waals surface area contributed by atoms with Crippen LogP contribution in [0.5, 0.6) is 0 Å². The van der Waals surface area contributed by atoms with Crippen molar-refractivity contribution in [1.82, 2.24) is 0 Å². The number of benzene rings is 2. The molecule has 1 N–H and O–H groups in total. The zero-order valence-corrected chi connectivity index (χ0v) is 12.1. The number of amides is 1. The highest BCUT2D eigenvalue weighted by molar-refractivity contribution is 6.06. The number of aryl methyl sites for hydroxylation is 3. The minimum atomic E-state index is -0.488. The van der Waals surface area contributed by atoms with Crippen LogP contribution < -0.4 is 5.32 Å². The molecule has 0 heterocycles. The van der Waals surface area contributed by atoms with Crippen molar-refractivity contribution in [2.45, 2.75) is 20.8 Å². The summed E-state index contributed by atoms with van der Waals surface area (Å²) < 4.78 is 0. The number of nitrogens with zero attached hydrogens (tertiary/aromatic N) is 1. The van der Waals surface area contributed by atoms with E-state index in [1.54, 1.807) is 12.1 Å². The summed E-state index contributed by atoms with van der Waals surface area (Å²) in [6.45, 7) is 5.73. The van der Waals surface area contributed by atoms with Crippen LogP contribution in [-0.4, -0.2) is 10.8 Å². The summed E-state index contributed by atoms with van der Waals surface area (Å²) >= 11 is 0. The van der Waals surface area contributed by atoms with Gasteiger partial charge in [-0.2, -0.15) is 0 Å². The quantitative estimate of drug-likeness (QED) is 0.688. The van der Waals surface area contributed by atoms with E-state index in [4.69, 9.17) is 0 Å². The summed E-state index contributed by atoms with van der Waals surface area (Å²) in [5.41, 5.74) is 3.83. The van der Waals surface area contributed by atoms with Crippen LogP contribution in [-0.2, 0) is 0 Å². The summed E-state index contributed by atoms with van der Waals surface area (Å²) in [5.74, 6) is -0.259. The number of carbonyl (C=O) groups is 1. The van der Waals surface area contributed by atoms with E-state index >= 15 is 0 Å². The molecule has 0 bridgehead atoms. The standard InChI is InChI=1S/C16H16N2O3/c1-10-7-11(2)15(12(3)8-10)16(19)17-13-5-4-6-14(9-13)18(20)21/h4-9H,1-3H3,(H,17,19). The lowest BCUT2D eigenvalue weighted by Crippen LogP contribution is -2.15. The van der Waals surface area contributed by atoms with E-state index in [1.165, 1.54) is 12.1 Å². The van der Waals surface area contributed by atoms with E-state index in [2.05, 4.69) is 5.32 Å². The Balaban J connectivity index is 2.30. The number of carbonyl (C=O) groups excluding carboxylic acids is 1. The van der Waals surface area contributed by atoms with Crippen molar-refractivity contribution in [3.05, 3.63) is 68.8 Å². The van der Waals surface area contributed by atoms with Crippen LogP contribution in [0.25, 0.3) is 0 Å². The summed E-state index contributed by atoms with van der Waals surface area (Å²) in [6.07, 6.45) is 0. The van der Waals surface area contributed by atoms with Gasteiger partial charge in [-0.1, -0.05) is 23.8 Å². The van der Waals surface area contributed by atoms with Gasteiger partial charge in [0.25, 0.3) is 11.6 Å². The lowest BCUT2D eigenvalue weighted by atomic mass is 9.99. The topological polar surface area (TPSA) is 72.2 Å². The molecule has 2 aromatic rings. The summed E-state index contributed by atoms with van der Waals surface area (Å²) in [4.78, 5) is 22.6. The maximum Gasteiger partial charge on any atom is 0.271 e. The minimum Gasteiger partial charge on any atom is -0.322 e. The van der Waals surface area contributed by atoms with Crippen LogP contribution in [0.2, 0.25) is 0 Å². The highest BCUT2D eigenvalue weighted by Gasteiger charge is 2.14. The van der Waals surface area contributed by atoms with Crippen molar-refractivity contribution in [2.75, 3.05) is 5.32 Å². The number of hydrogen-bond acceptors (Lipinski definition) is 3. The molecule has 0 radical (unpaired) electrons. The predicted octanol–water partition coefficient (Wildman–Crippen LogP) is 3.77. The minimum absolute atomic E-state index is 0.0508. The lowest BCUT2D eigenvalue weighted by Gasteiger charge is -2.11. The Morgan fingerprint density at radius 3 is 2.29 bits per heavy atom. The summed E-state index contributed by atoms with van der Waals surface area (Å²) in [7, 11) is 0. The monoisotopic (exact) mass is 284 g/mol. The largest absolute Gasteiger partial charge is 0.322 e. The van der Waals surface area contributed by atoms with Gasteiger partial charge < -0.3 is 5.32 Å². The number of rotatable bonds is 3. The molecule has 0 aliphatic rings. The van der Waals surface area contributed by atoms with Crippen LogP contribution in [0, 0.1) is 30.9 Å². The molecule has 0 saturated carbocycles. The number of anilines is 1. The van der Waals surface area contributed by atoms with Crippen molar-refractivity contribution in [3.8, 4) is 0 Å². The second-order valence-electron chi connectivity index (χ2n) is 5.04. The molecule has 0 unspecified atom stereocenters. The van der Waals surface area contributed by atoms with E-state index in [0.29, 0.717) is 11.3 Å². The van der Waals surface area contributed by atoms with Crippen molar-refractivity contribution in [3.63, 3.8) is 0 Å². The second-order valence-corrected chi connectivity index (χ2v) is 5.04. The first-order valence-electron chi connectivity index (χ1n) is 6.52. The fraction of sp³-hybridized carbons (Fsp3) is 0.188. The molecule has 5 heteroatoms. The smallest absolute Gasteiger partial charge is 0.271 e. The molecular formula is C16H16N2O3. The van der Waals surface area contributed by atoms with E-state index in [9.17, 15) is 14.9 Å². The maximum atomic E-state index is 12.4. The number of nitro groups is 1. The molecule has 2 rings (SSSR count). The molecular weight excluding hydrogens is 268 g/mol. The second kappa shape index (κ2) is 5.75. The third-order valence-electron chi connectivity index (χ3n) is 3.22. The third-order valence-corrected chi connectivity index (χ3v) is 3.22. The Labute approximate surface area is 122 Å². The SMILES string of the molecule is Cc1cc(C)c(C(=O)Nc2cccc([N+](=O)[O-])c2)c(C)c1. The Kier molecular flexibility index (Phi) is 4.03. The molecule has 21 heavy (non-hydrogen) atoms. The van der Waals surface area contributed by atoms with Crippen molar-refractivity contribution in [1.29, 1.82) is 0 Å². The molecule has 0 atom stereocenters. The number of nitrogens with one attached hydrogen (secondary N) is 1. The number of non-ortho nitro benzene ring substituents is 1. The fourth-order valence-corrected chi connectivity index (χ4v) is 2.43. The molecule has 5 nitrogen and oxygen atoms in total. The summed E-state index contributed by atoms with van der Waals surface area (Å²) in [5, 5.41) is 13.5. The predicted molar refractivity (Wildman–Crippen MR) is 81.7 cm³/mol.